The fourth-order valence-electron chi connectivity index (χ4n) is 2.97. The third-order valence-corrected chi connectivity index (χ3v) is 4.66. The highest BCUT2D eigenvalue weighted by Crippen LogP contribution is 2.25. The summed E-state index contributed by atoms with van der Waals surface area (Å²) in [5.74, 6) is 1.73. The molecule has 0 saturated carbocycles. The average Bonchev–Trinajstić information content (AvgIpc) is 2.71. The summed E-state index contributed by atoms with van der Waals surface area (Å²) in [6.07, 6.45) is 7.84. The predicted octanol–water partition coefficient (Wildman–Crippen LogP) is 5.63. The van der Waals surface area contributed by atoms with Gasteiger partial charge in [-0.2, -0.15) is 0 Å². The van der Waals surface area contributed by atoms with E-state index in [-0.39, 0.29) is 0 Å². The van der Waals surface area contributed by atoms with Crippen LogP contribution in [0.5, 0.6) is 11.5 Å². The Labute approximate surface area is 164 Å². The number of rotatable bonds is 13. The lowest BCUT2D eigenvalue weighted by atomic mass is 10.1. The van der Waals surface area contributed by atoms with Gasteiger partial charge in [0.05, 0.1) is 13.7 Å². The van der Waals surface area contributed by atoms with Crippen LogP contribution in [0, 0.1) is 0 Å². The fraction of sp³-hybridized carbons (Fsp3) is 0.417. The number of methoxy groups -OCH3 is 1. The molecule has 146 valence electrons. The van der Waals surface area contributed by atoms with Crippen LogP contribution in [0.15, 0.2) is 49.0 Å². The molecule has 0 aliphatic rings. The van der Waals surface area contributed by atoms with Crippen molar-refractivity contribution < 1.29 is 9.47 Å². The first-order valence-corrected chi connectivity index (χ1v) is 9.98. The molecule has 1 N–H and O–H groups in total. The van der Waals surface area contributed by atoms with Gasteiger partial charge in [0.1, 0.15) is 11.5 Å². The molecule has 3 nitrogen and oxygen atoms in total. The van der Waals surface area contributed by atoms with Gasteiger partial charge >= 0.3 is 0 Å². The zero-order chi connectivity index (χ0) is 19.3. The van der Waals surface area contributed by atoms with E-state index in [1.165, 1.54) is 36.8 Å². The van der Waals surface area contributed by atoms with Crippen molar-refractivity contribution in [3.8, 4) is 11.5 Å². The van der Waals surface area contributed by atoms with Crippen molar-refractivity contribution in [1.82, 2.24) is 5.32 Å². The quantitative estimate of drug-likeness (QED) is 0.465. The second kappa shape index (κ2) is 12.2. The maximum atomic E-state index is 5.91. The van der Waals surface area contributed by atoms with Crippen molar-refractivity contribution in [1.29, 1.82) is 0 Å². The lowest BCUT2D eigenvalue weighted by Gasteiger charge is -2.13. The first-order chi connectivity index (χ1) is 13.3. The molecule has 27 heavy (non-hydrogen) atoms. The van der Waals surface area contributed by atoms with E-state index in [1.807, 2.05) is 18.2 Å². The normalized spacial score (nSPS) is 10.6. The molecule has 0 saturated heterocycles. The van der Waals surface area contributed by atoms with Crippen LogP contribution in [0.4, 0.5) is 0 Å². The number of nitrogens with one attached hydrogen (secondary N) is 1. The summed E-state index contributed by atoms with van der Waals surface area (Å²) in [6.45, 7) is 8.53. The van der Waals surface area contributed by atoms with Gasteiger partial charge in [0.15, 0.2) is 0 Å². The Morgan fingerprint density at radius 2 is 1.85 bits per heavy atom. The molecule has 0 unspecified atom stereocenters. The van der Waals surface area contributed by atoms with Gasteiger partial charge in [-0.05, 0) is 30.2 Å². The van der Waals surface area contributed by atoms with E-state index >= 15 is 0 Å². The summed E-state index contributed by atoms with van der Waals surface area (Å²) in [5.41, 5.74) is 3.57. The highest BCUT2D eigenvalue weighted by atomic mass is 16.5. The molecule has 0 spiro atoms. The molecule has 0 bridgehead atoms. The molecule has 2 aromatic rings. The van der Waals surface area contributed by atoms with Gasteiger partial charge < -0.3 is 14.8 Å². The molecule has 0 aromatic heterocycles. The van der Waals surface area contributed by atoms with Crippen molar-refractivity contribution in [3.63, 3.8) is 0 Å². The third-order valence-electron chi connectivity index (χ3n) is 4.66. The van der Waals surface area contributed by atoms with Crippen LogP contribution in [0.3, 0.4) is 0 Å². The van der Waals surface area contributed by atoms with Crippen LogP contribution in [0.25, 0.3) is 6.08 Å². The topological polar surface area (TPSA) is 30.5 Å². The van der Waals surface area contributed by atoms with Gasteiger partial charge in [0.25, 0.3) is 0 Å². The van der Waals surface area contributed by atoms with E-state index in [4.69, 9.17) is 9.47 Å². The summed E-state index contributed by atoms with van der Waals surface area (Å²) in [7, 11) is 1.71. The van der Waals surface area contributed by atoms with Gasteiger partial charge in [0, 0.05) is 24.6 Å². The van der Waals surface area contributed by atoms with E-state index in [9.17, 15) is 0 Å². The van der Waals surface area contributed by atoms with Gasteiger partial charge in [-0.15, -0.1) is 0 Å². The lowest BCUT2D eigenvalue weighted by molar-refractivity contribution is 0.318. The Morgan fingerprint density at radius 1 is 1.04 bits per heavy atom. The molecule has 0 heterocycles. The average molecular weight is 368 g/mol. The lowest BCUT2D eigenvalue weighted by Crippen LogP contribution is -2.15. The third kappa shape index (κ3) is 7.48. The van der Waals surface area contributed by atoms with Crippen molar-refractivity contribution in [2.75, 3.05) is 20.3 Å². The molecule has 0 amide bonds. The Hall–Kier alpha value is -2.26. The first-order valence-electron chi connectivity index (χ1n) is 9.98. The van der Waals surface area contributed by atoms with Crippen LogP contribution in [0.2, 0.25) is 0 Å². The maximum Gasteiger partial charge on any atom is 0.127 e. The van der Waals surface area contributed by atoms with Gasteiger partial charge in [0.2, 0.25) is 0 Å². The number of ether oxygens (including phenoxy) is 2. The molecule has 0 atom stereocenters. The first kappa shape index (κ1) is 21.0. The zero-order valence-corrected chi connectivity index (χ0v) is 16.8. The van der Waals surface area contributed by atoms with Crippen LogP contribution in [0.1, 0.15) is 49.3 Å². The minimum Gasteiger partial charge on any atom is -0.496 e. The molecule has 0 aliphatic heterocycles. The van der Waals surface area contributed by atoms with E-state index in [0.717, 1.165) is 36.6 Å². The van der Waals surface area contributed by atoms with Crippen molar-refractivity contribution in [2.24, 2.45) is 0 Å². The molecule has 3 heteroatoms. The number of hydrogen-bond acceptors (Lipinski definition) is 3. The molecule has 0 fully saturated rings. The van der Waals surface area contributed by atoms with E-state index in [2.05, 4.69) is 49.2 Å². The largest absolute Gasteiger partial charge is 0.496 e. The summed E-state index contributed by atoms with van der Waals surface area (Å²) in [5, 5.41) is 3.50. The van der Waals surface area contributed by atoms with Crippen LogP contribution >= 0.6 is 0 Å². The van der Waals surface area contributed by atoms with Crippen molar-refractivity contribution >= 4 is 6.08 Å². The predicted molar refractivity (Wildman–Crippen MR) is 115 cm³/mol. The molecule has 2 rings (SSSR count). The molecular formula is C24H33NO2. The highest BCUT2D eigenvalue weighted by Gasteiger charge is 2.05. The smallest absolute Gasteiger partial charge is 0.127 e. The van der Waals surface area contributed by atoms with E-state index < -0.39 is 0 Å². The Kier molecular flexibility index (Phi) is 9.50. The Morgan fingerprint density at radius 3 is 2.56 bits per heavy atom. The number of hydrogen-bond donors (Lipinski definition) is 1. The summed E-state index contributed by atoms with van der Waals surface area (Å²) in [4.78, 5) is 0. The zero-order valence-electron chi connectivity index (χ0n) is 16.8. The van der Waals surface area contributed by atoms with Crippen molar-refractivity contribution in [3.05, 3.63) is 65.7 Å². The number of unbranched alkanes of at least 4 members (excludes halogenated alkanes) is 3. The summed E-state index contributed by atoms with van der Waals surface area (Å²) >= 11 is 0. The van der Waals surface area contributed by atoms with E-state index in [1.54, 1.807) is 7.11 Å². The second-order valence-electron chi connectivity index (χ2n) is 6.76. The maximum absolute atomic E-state index is 5.91. The monoisotopic (exact) mass is 367 g/mol. The number of benzene rings is 2. The molecule has 2 aromatic carbocycles. The highest BCUT2D eigenvalue weighted by molar-refractivity contribution is 5.47. The molecule has 0 radical (unpaired) electrons. The van der Waals surface area contributed by atoms with Crippen LogP contribution in [-0.2, 0) is 13.0 Å². The van der Waals surface area contributed by atoms with E-state index in [0.29, 0.717) is 6.61 Å². The molecule has 0 aliphatic carbocycles. The van der Waals surface area contributed by atoms with Gasteiger partial charge in [-0.1, -0.05) is 69.2 Å². The summed E-state index contributed by atoms with van der Waals surface area (Å²) in [6, 6.07) is 14.5. The van der Waals surface area contributed by atoms with Crippen LogP contribution < -0.4 is 14.8 Å². The molecular weight excluding hydrogens is 334 g/mol. The Bertz CT molecular complexity index is 679. The SMILES string of the molecule is C=Cc1ccc(CCOc2ccc(CNCCCCCC)c(OC)c2)cc1. The standard InChI is InChI=1S/C24H33NO2/c1-4-6-7-8-16-25-19-22-13-14-23(18-24(22)26-3)27-17-15-21-11-9-20(5-2)10-12-21/h5,9-14,18,25H,2,4,6-8,15-17,19H2,1,3H3. The van der Waals surface area contributed by atoms with Gasteiger partial charge in [-0.25, -0.2) is 0 Å². The Balaban J connectivity index is 1.79. The summed E-state index contributed by atoms with van der Waals surface area (Å²) < 4.78 is 11.5. The second-order valence-corrected chi connectivity index (χ2v) is 6.76. The minimum absolute atomic E-state index is 0.644. The minimum atomic E-state index is 0.644. The van der Waals surface area contributed by atoms with Gasteiger partial charge in [-0.3, -0.25) is 0 Å². The fourth-order valence-corrected chi connectivity index (χ4v) is 2.97. The van der Waals surface area contributed by atoms with Crippen molar-refractivity contribution in [2.45, 2.75) is 45.6 Å². The van der Waals surface area contributed by atoms with Crippen LogP contribution in [-0.4, -0.2) is 20.3 Å².